The zero-order chi connectivity index (χ0) is 47.3. The van der Waals surface area contributed by atoms with E-state index in [-0.39, 0.29) is 0 Å². The van der Waals surface area contributed by atoms with Gasteiger partial charge in [0.2, 0.25) is 0 Å². The molecular formula is C70H44N2. The van der Waals surface area contributed by atoms with Crippen molar-refractivity contribution in [3.63, 3.8) is 0 Å². The third-order valence-corrected chi connectivity index (χ3v) is 15.2. The van der Waals surface area contributed by atoms with Gasteiger partial charge >= 0.3 is 0 Å². The molecule has 0 bridgehead atoms. The van der Waals surface area contributed by atoms with Crippen molar-refractivity contribution in [3.05, 3.63) is 267 Å². The van der Waals surface area contributed by atoms with Crippen LogP contribution in [0.1, 0.15) is 0 Å². The van der Waals surface area contributed by atoms with Crippen molar-refractivity contribution in [1.82, 2.24) is 0 Å². The molecule has 0 unspecified atom stereocenters. The van der Waals surface area contributed by atoms with E-state index in [0.717, 1.165) is 45.3 Å². The van der Waals surface area contributed by atoms with Crippen LogP contribution < -0.4 is 9.80 Å². The van der Waals surface area contributed by atoms with Gasteiger partial charge in [0.05, 0.1) is 11.4 Å². The molecule has 0 radical (unpaired) electrons. The van der Waals surface area contributed by atoms with E-state index in [2.05, 4.69) is 277 Å². The lowest BCUT2D eigenvalue weighted by Gasteiger charge is -2.28. The monoisotopic (exact) mass is 912 g/mol. The topological polar surface area (TPSA) is 6.48 Å². The third-order valence-electron chi connectivity index (χ3n) is 15.2. The van der Waals surface area contributed by atoms with Crippen LogP contribution in [0, 0.1) is 0 Å². The summed E-state index contributed by atoms with van der Waals surface area (Å²) in [4.78, 5) is 4.88. The molecule has 0 saturated heterocycles. The van der Waals surface area contributed by atoms with Gasteiger partial charge in [-0.05, 0) is 158 Å². The maximum absolute atomic E-state index is 2.44. The average molecular weight is 913 g/mol. The first-order valence-corrected chi connectivity index (χ1v) is 24.9. The molecule has 0 amide bonds. The second-order valence-electron chi connectivity index (χ2n) is 19.3. The van der Waals surface area contributed by atoms with Gasteiger partial charge < -0.3 is 9.80 Å². The summed E-state index contributed by atoms with van der Waals surface area (Å²) in [7, 11) is 0. The van der Waals surface area contributed by atoms with Gasteiger partial charge in [-0.25, -0.2) is 0 Å². The van der Waals surface area contributed by atoms with E-state index in [4.69, 9.17) is 0 Å². The minimum atomic E-state index is 1.10. The maximum Gasteiger partial charge on any atom is 0.0540 e. The van der Waals surface area contributed by atoms with Crippen LogP contribution in [0.3, 0.4) is 0 Å². The summed E-state index contributed by atoms with van der Waals surface area (Å²) in [6.45, 7) is 0. The number of benzene rings is 15. The predicted molar refractivity (Wildman–Crippen MR) is 309 cm³/mol. The summed E-state index contributed by atoms with van der Waals surface area (Å²) >= 11 is 0. The molecule has 2 heteroatoms. The Morgan fingerprint density at radius 2 is 0.486 bits per heavy atom. The van der Waals surface area contributed by atoms with E-state index in [1.54, 1.807) is 0 Å². The number of fused-ring (bicyclic) bond motifs is 2. The first kappa shape index (κ1) is 40.4. The largest absolute Gasteiger partial charge is 0.310 e. The molecule has 0 aliphatic rings. The molecule has 0 saturated carbocycles. The second kappa shape index (κ2) is 16.0. The van der Waals surface area contributed by atoms with E-state index in [9.17, 15) is 0 Å². The molecule has 15 aromatic carbocycles. The molecule has 0 fully saturated rings. The van der Waals surface area contributed by atoms with Crippen molar-refractivity contribution >= 4 is 120 Å². The molecule has 0 aromatic heterocycles. The Kier molecular flexibility index (Phi) is 8.99. The average Bonchev–Trinajstić information content (AvgIpc) is 3.44. The number of rotatable bonds is 8. The highest BCUT2D eigenvalue weighted by atomic mass is 15.1. The molecule has 334 valence electrons. The van der Waals surface area contributed by atoms with Gasteiger partial charge in [-0.15, -0.1) is 0 Å². The molecule has 0 heterocycles. The van der Waals surface area contributed by atoms with Crippen LogP contribution in [0.15, 0.2) is 267 Å². The van der Waals surface area contributed by atoms with E-state index in [1.807, 2.05) is 0 Å². The SMILES string of the molecule is c1ccc(-c2ccc(N(c3cc4ccc5cccc6ccc(c3)c4c56)c3cccc4ccccc34)cc2)c(-c2ccc(N(c3cc4ccc5cccc6ccc(c3)c4c56)c3cccc4ccccc34)cc2)c1. The fourth-order valence-electron chi connectivity index (χ4n) is 12.0. The van der Waals surface area contributed by atoms with Crippen molar-refractivity contribution in [2.75, 3.05) is 9.80 Å². The zero-order valence-electron chi connectivity index (χ0n) is 39.3. The van der Waals surface area contributed by atoms with Crippen molar-refractivity contribution in [1.29, 1.82) is 0 Å². The third kappa shape index (κ3) is 6.36. The second-order valence-corrected chi connectivity index (χ2v) is 19.3. The van der Waals surface area contributed by atoms with Gasteiger partial charge in [0.1, 0.15) is 0 Å². The fourth-order valence-corrected chi connectivity index (χ4v) is 12.0. The lowest BCUT2D eigenvalue weighted by atomic mass is 9.93. The highest BCUT2D eigenvalue weighted by molar-refractivity contribution is 6.25. The van der Waals surface area contributed by atoms with Gasteiger partial charge in [0, 0.05) is 33.5 Å². The van der Waals surface area contributed by atoms with Gasteiger partial charge in [-0.3, -0.25) is 0 Å². The van der Waals surface area contributed by atoms with Crippen LogP contribution in [0.2, 0.25) is 0 Å². The van der Waals surface area contributed by atoms with Crippen molar-refractivity contribution in [2.45, 2.75) is 0 Å². The summed E-state index contributed by atoms with van der Waals surface area (Å²) < 4.78 is 0. The van der Waals surface area contributed by atoms with E-state index < -0.39 is 0 Å². The highest BCUT2D eigenvalue weighted by Crippen LogP contribution is 2.47. The molecule has 15 aromatic rings. The van der Waals surface area contributed by atoms with E-state index in [1.165, 1.54) is 97.3 Å². The molecule has 0 aliphatic carbocycles. The summed E-state index contributed by atoms with van der Waals surface area (Å²) in [6, 6.07) is 98.8. The fraction of sp³-hybridized carbons (Fsp3) is 0. The Morgan fingerprint density at radius 3 is 0.875 bits per heavy atom. The predicted octanol–water partition coefficient (Wildman–Crippen LogP) is 20.1. The van der Waals surface area contributed by atoms with Crippen LogP contribution in [-0.2, 0) is 0 Å². The smallest absolute Gasteiger partial charge is 0.0540 e. The molecule has 72 heavy (non-hydrogen) atoms. The summed E-state index contributed by atoms with van der Waals surface area (Å²) in [6.07, 6.45) is 0. The molecule has 0 aliphatic heterocycles. The van der Waals surface area contributed by atoms with E-state index in [0.29, 0.717) is 0 Å². The van der Waals surface area contributed by atoms with Crippen molar-refractivity contribution in [3.8, 4) is 22.3 Å². The molecule has 0 atom stereocenters. The van der Waals surface area contributed by atoms with E-state index >= 15 is 0 Å². The number of hydrogen-bond donors (Lipinski definition) is 0. The minimum absolute atomic E-state index is 1.10. The quantitative estimate of drug-likeness (QED) is 0.140. The van der Waals surface area contributed by atoms with Crippen molar-refractivity contribution < 1.29 is 0 Å². The normalized spacial score (nSPS) is 11.9. The maximum atomic E-state index is 2.44. The Bertz CT molecular complexity index is 4140. The number of anilines is 6. The molecule has 15 rings (SSSR count). The Balaban J connectivity index is 0.830. The van der Waals surface area contributed by atoms with Crippen LogP contribution in [0.5, 0.6) is 0 Å². The molecule has 2 nitrogen and oxygen atoms in total. The lowest BCUT2D eigenvalue weighted by molar-refractivity contribution is 1.30. The van der Waals surface area contributed by atoms with Crippen LogP contribution in [0.25, 0.3) is 108 Å². The van der Waals surface area contributed by atoms with Gasteiger partial charge in [-0.2, -0.15) is 0 Å². The summed E-state index contributed by atoms with van der Waals surface area (Å²) in [5, 5.41) is 20.2. The van der Waals surface area contributed by atoms with Gasteiger partial charge in [0.15, 0.2) is 0 Å². The van der Waals surface area contributed by atoms with Crippen LogP contribution in [-0.4, -0.2) is 0 Å². The lowest BCUT2D eigenvalue weighted by Crippen LogP contribution is -2.10. The van der Waals surface area contributed by atoms with Crippen LogP contribution in [0.4, 0.5) is 34.1 Å². The summed E-state index contributed by atoms with van der Waals surface area (Å²) in [5.41, 5.74) is 11.5. The molecular weight excluding hydrogens is 869 g/mol. The highest BCUT2D eigenvalue weighted by Gasteiger charge is 2.21. The zero-order valence-corrected chi connectivity index (χ0v) is 39.3. The first-order chi connectivity index (χ1) is 35.7. The van der Waals surface area contributed by atoms with Gasteiger partial charge in [-0.1, -0.05) is 206 Å². The standard InChI is InChI=1S/C70H44N2/c1-3-21-63-45(11-1)13-9-23-65(63)71(59-41-53-29-25-49-15-7-16-50-26-30-54(42-59)69(53)67(49)50)57-37-33-47(34-38-57)61-19-5-6-20-62(61)48-35-39-58(40-36-48)72(66-24-10-14-46-12-2-4-22-64(46)66)60-43-55-31-27-51-17-8-18-52-28-32-56(44-60)70(55)68(51)52/h1-44H. The summed E-state index contributed by atoms with van der Waals surface area (Å²) in [5.74, 6) is 0. The van der Waals surface area contributed by atoms with Crippen LogP contribution >= 0.6 is 0 Å². The Morgan fingerprint density at radius 1 is 0.194 bits per heavy atom. The Labute approximate surface area is 417 Å². The molecule has 0 N–H and O–H groups in total. The molecule has 0 spiro atoms. The minimum Gasteiger partial charge on any atom is -0.310 e. The van der Waals surface area contributed by atoms with Gasteiger partial charge in [0.25, 0.3) is 0 Å². The number of nitrogens with zero attached hydrogens (tertiary/aromatic N) is 2. The Hall–Kier alpha value is -9.50. The number of hydrogen-bond acceptors (Lipinski definition) is 2. The van der Waals surface area contributed by atoms with Crippen molar-refractivity contribution in [2.24, 2.45) is 0 Å². The first-order valence-electron chi connectivity index (χ1n) is 24.9.